The van der Waals surface area contributed by atoms with Crippen LogP contribution in [0.2, 0.25) is 0 Å². The quantitative estimate of drug-likeness (QED) is 0.852. The molecule has 2 fully saturated rings. The standard InChI is InChI=1S/C25H28N2O3/c28-16-22-24-19-12-6-7-13-20(19)26(23(29)14-17-8-2-1-3-9-17)15-21(24)27(22)25(30)18-10-4-5-11-18/h1-3,6-9,12-13,18,21-22,24,28H,4-5,10-11,14-16H2/t21-,22+,24+/m0/s1. The molecule has 2 aliphatic heterocycles. The first-order valence-corrected chi connectivity index (χ1v) is 11.1. The van der Waals surface area contributed by atoms with Gasteiger partial charge in [-0.05, 0) is 30.0 Å². The van der Waals surface area contributed by atoms with Gasteiger partial charge in [0, 0.05) is 24.1 Å². The van der Waals surface area contributed by atoms with Crippen molar-refractivity contribution >= 4 is 17.5 Å². The lowest BCUT2D eigenvalue weighted by atomic mass is 9.71. The fourth-order valence-corrected chi connectivity index (χ4v) is 5.68. The summed E-state index contributed by atoms with van der Waals surface area (Å²) in [6.45, 7) is 0.466. The number of aliphatic hydroxyl groups excluding tert-OH is 1. The number of para-hydroxylation sites is 1. The topological polar surface area (TPSA) is 60.9 Å². The average molecular weight is 405 g/mol. The van der Waals surface area contributed by atoms with Crippen molar-refractivity contribution in [3.63, 3.8) is 0 Å². The van der Waals surface area contributed by atoms with Crippen molar-refractivity contribution < 1.29 is 14.7 Å². The lowest BCUT2D eigenvalue weighted by molar-refractivity contribution is -0.155. The summed E-state index contributed by atoms with van der Waals surface area (Å²) in [5.41, 5.74) is 2.98. The number of aliphatic hydroxyl groups is 1. The number of benzene rings is 2. The third-order valence-electron chi connectivity index (χ3n) is 7.15. The molecule has 3 atom stereocenters. The van der Waals surface area contributed by atoms with E-state index in [1.54, 1.807) is 0 Å². The van der Waals surface area contributed by atoms with Crippen molar-refractivity contribution in [2.45, 2.75) is 50.1 Å². The summed E-state index contributed by atoms with van der Waals surface area (Å²) >= 11 is 0. The molecule has 1 saturated carbocycles. The highest BCUT2D eigenvalue weighted by molar-refractivity contribution is 5.97. The largest absolute Gasteiger partial charge is 0.394 e. The van der Waals surface area contributed by atoms with E-state index in [1.807, 2.05) is 58.3 Å². The van der Waals surface area contributed by atoms with E-state index in [1.165, 1.54) is 0 Å². The first-order chi connectivity index (χ1) is 14.7. The van der Waals surface area contributed by atoms with E-state index in [-0.39, 0.29) is 42.3 Å². The zero-order chi connectivity index (χ0) is 20.7. The molecule has 5 rings (SSSR count). The molecule has 3 aliphatic rings. The predicted octanol–water partition coefficient (Wildman–Crippen LogP) is 3.12. The van der Waals surface area contributed by atoms with Gasteiger partial charge in [-0.2, -0.15) is 0 Å². The number of amides is 2. The number of hydrogen-bond donors (Lipinski definition) is 1. The molecule has 5 nitrogen and oxygen atoms in total. The van der Waals surface area contributed by atoms with E-state index in [0.717, 1.165) is 42.5 Å². The number of hydrogen-bond acceptors (Lipinski definition) is 3. The molecule has 2 aromatic rings. The minimum absolute atomic E-state index is 0.0358. The Hall–Kier alpha value is -2.66. The van der Waals surface area contributed by atoms with Crippen molar-refractivity contribution in [3.8, 4) is 0 Å². The van der Waals surface area contributed by atoms with E-state index < -0.39 is 0 Å². The minimum atomic E-state index is -0.185. The molecule has 0 spiro atoms. The smallest absolute Gasteiger partial charge is 0.231 e. The lowest BCUT2D eigenvalue weighted by Crippen LogP contribution is -2.71. The van der Waals surface area contributed by atoms with Gasteiger partial charge in [0.05, 0.1) is 25.1 Å². The molecule has 30 heavy (non-hydrogen) atoms. The number of carbonyl (C=O) groups excluding carboxylic acids is 2. The lowest BCUT2D eigenvalue weighted by Gasteiger charge is -2.59. The van der Waals surface area contributed by atoms with Crippen LogP contribution >= 0.6 is 0 Å². The Morgan fingerprint density at radius 2 is 1.67 bits per heavy atom. The molecule has 2 amide bonds. The van der Waals surface area contributed by atoms with Crippen LogP contribution < -0.4 is 4.90 Å². The summed E-state index contributed by atoms with van der Waals surface area (Å²) in [6, 6.07) is 17.5. The van der Waals surface area contributed by atoms with E-state index in [4.69, 9.17) is 0 Å². The number of rotatable bonds is 4. The van der Waals surface area contributed by atoms with Gasteiger partial charge in [-0.1, -0.05) is 61.4 Å². The summed E-state index contributed by atoms with van der Waals surface area (Å²) in [5.74, 6) is 0.387. The van der Waals surface area contributed by atoms with E-state index >= 15 is 0 Å². The maximum absolute atomic E-state index is 13.3. The zero-order valence-corrected chi connectivity index (χ0v) is 17.1. The molecule has 1 aliphatic carbocycles. The van der Waals surface area contributed by atoms with Gasteiger partial charge < -0.3 is 14.9 Å². The monoisotopic (exact) mass is 404 g/mol. The number of likely N-dealkylation sites (tertiary alicyclic amines) is 1. The molecule has 2 heterocycles. The molecular formula is C25H28N2O3. The van der Waals surface area contributed by atoms with Crippen LogP contribution in [0.5, 0.6) is 0 Å². The van der Waals surface area contributed by atoms with E-state index in [0.29, 0.717) is 13.0 Å². The first-order valence-electron chi connectivity index (χ1n) is 11.1. The first kappa shape index (κ1) is 19.3. The second-order valence-electron chi connectivity index (χ2n) is 8.80. The molecule has 0 bridgehead atoms. The molecule has 0 radical (unpaired) electrons. The van der Waals surface area contributed by atoms with E-state index in [2.05, 4.69) is 6.07 Å². The van der Waals surface area contributed by atoms with Gasteiger partial charge in [-0.3, -0.25) is 9.59 Å². The fourth-order valence-electron chi connectivity index (χ4n) is 5.68. The molecule has 5 heteroatoms. The van der Waals surface area contributed by atoms with Crippen molar-refractivity contribution in [3.05, 3.63) is 65.7 Å². The summed E-state index contributed by atoms with van der Waals surface area (Å²) in [4.78, 5) is 30.3. The third kappa shape index (κ3) is 3.12. The Balaban J connectivity index is 1.45. The number of anilines is 1. The number of carbonyl (C=O) groups is 2. The van der Waals surface area contributed by atoms with Gasteiger partial charge in [0.2, 0.25) is 11.8 Å². The number of nitrogens with zero attached hydrogens (tertiary/aromatic N) is 2. The van der Waals surface area contributed by atoms with Gasteiger partial charge >= 0.3 is 0 Å². The van der Waals surface area contributed by atoms with Crippen molar-refractivity contribution in [1.29, 1.82) is 0 Å². The van der Waals surface area contributed by atoms with E-state index in [9.17, 15) is 14.7 Å². The highest BCUT2D eigenvalue weighted by atomic mass is 16.3. The van der Waals surface area contributed by atoms with Crippen LogP contribution in [0.3, 0.4) is 0 Å². The highest BCUT2D eigenvalue weighted by Crippen LogP contribution is 2.49. The minimum Gasteiger partial charge on any atom is -0.394 e. The van der Waals surface area contributed by atoms with Gasteiger partial charge in [-0.15, -0.1) is 0 Å². The Kier molecular flexibility index (Phi) is 5.07. The van der Waals surface area contributed by atoms with Gasteiger partial charge in [0.1, 0.15) is 0 Å². The van der Waals surface area contributed by atoms with Gasteiger partial charge in [0.25, 0.3) is 0 Å². The Morgan fingerprint density at radius 3 is 2.40 bits per heavy atom. The third-order valence-corrected chi connectivity index (χ3v) is 7.15. The number of fused-ring (bicyclic) bond motifs is 3. The maximum atomic E-state index is 13.3. The predicted molar refractivity (Wildman–Crippen MR) is 115 cm³/mol. The fraction of sp³-hybridized carbons (Fsp3) is 0.440. The zero-order valence-electron chi connectivity index (χ0n) is 17.1. The molecule has 2 aromatic carbocycles. The summed E-state index contributed by atoms with van der Waals surface area (Å²) in [7, 11) is 0. The maximum Gasteiger partial charge on any atom is 0.231 e. The molecule has 1 saturated heterocycles. The second-order valence-corrected chi connectivity index (χ2v) is 8.80. The molecule has 0 unspecified atom stereocenters. The van der Waals surface area contributed by atoms with Crippen molar-refractivity contribution in [2.75, 3.05) is 18.1 Å². The van der Waals surface area contributed by atoms with Crippen molar-refractivity contribution in [1.82, 2.24) is 4.90 Å². The highest BCUT2D eigenvalue weighted by Gasteiger charge is 2.56. The average Bonchev–Trinajstić information content (AvgIpc) is 3.30. The molecular weight excluding hydrogens is 376 g/mol. The Morgan fingerprint density at radius 1 is 0.967 bits per heavy atom. The summed E-state index contributed by atoms with van der Waals surface area (Å²) in [5, 5.41) is 10.1. The SMILES string of the molecule is O=C(Cc1ccccc1)N1C[C@H]2[C@@H](c3ccccc31)[C@@H](CO)N2C(=O)C1CCCC1. The molecule has 156 valence electrons. The van der Waals surface area contributed by atoms with Crippen LogP contribution in [0, 0.1) is 5.92 Å². The summed E-state index contributed by atoms with van der Waals surface area (Å²) < 4.78 is 0. The van der Waals surface area contributed by atoms with Crippen LogP contribution in [-0.2, 0) is 16.0 Å². The Bertz CT molecular complexity index is 938. The normalized spacial score (nSPS) is 25.4. The van der Waals surface area contributed by atoms with Gasteiger partial charge in [0.15, 0.2) is 0 Å². The molecule has 1 N–H and O–H groups in total. The Labute approximate surface area is 177 Å². The van der Waals surface area contributed by atoms with Crippen LogP contribution in [-0.4, -0.2) is 47.1 Å². The second kappa shape index (κ2) is 7.88. The van der Waals surface area contributed by atoms with Crippen molar-refractivity contribution in [2.24, 2.45) is 5.92 Å². The van der Waals surface area contributed by atoms with Crippen LogP contribution in [0.4, 0.5) is 5.69 Å². The van der Waals surface area contributed by atoms with Crippen LogP contribution in [0.15, 0.2) is 54.6 Å². The molecule has 0 aromatic heterocycles. The van der Waals surface area contributed by atoms with Crippen LogP contribution in [0.1, 0.15) is 42.7 Å². The van der Waals surface area contributed by atoms with Gasteiger partial charge in [-0.25, -0.2) is 0 Å². The summed E-state index contributed by atoms with van der Waals surface area (Å²) in [6.07, 6.45) is 4.43. The van der Waals surface area contributed by atoms with Crippen LogP contribution in [0.25, 0.3) is 0 Å².